The fraction of sp³-hybridized carbons (Fsp3) is 0.255. The van der Waals surface area contributed by atoms with Gasteiger partial charge in [0, 0.05) is 77.1 Å². The van der Waals surface area contributed by atoms with Crippen molar-refractivity contribution in [2.24, 2.45) is 5.73 Å². The molecule has 68 heavy (non-hydrogen) atoms. The maximum absolute atomic E-state index is 13.7. The maximum atomic E-state index is 13.7. The minimum Gasteiger partial charge on any atom is -0.507 e. The number of aromatic amines is 1. The number of nitrogens with one attached hydrogen (secondary N) is 4. The van der Waals surface area contributed by atoms with Gasteiger partial charge in [-0.15, -0.1) is 0 Å². The van der Waals surface area contributed by atoms with Gasteiger partial charge in [0.25, 0.3) is 23.3 Å². The van der Waals surface area contributed by atoms with Crippen LogP contribution in [0.25, 0.3) is 33.4 Å². The summed E-state index contributed by atoms with van der Waals surface area (Å²) >= 11 is 0. The average Bonchev–Trinajstić information content (AvgIpc) is 3.83. The molecular weight excluding hydrogens is 873 g/mol. The normalized spacial score (nSPS) is 14.6. The fourth-order valence-electron chi connectivity index (χ4n) is 8.16. The molecule has 8 rings (SSSR count). The molecule has 3 heterocycles. The topological polar surface area (TPSA) is 257 Å². The van der Waals surface area contributed by atoms with Crippen LogP contribution in [-0.4, -0.2) is 70.0 Å². The van der Waals surface area contributed by atoms with Crippen molar-refractivity contribution in [1.82, 2.24) is 25.5 Å². The number of fused-ring (bicyclic) bond motifs is 2. The van der Waals surface area contributed by atoms with Crippen molar-refractivity contribution >= 4 is 28.7 Å². The van der Waals surface area contributed by atoms with Crippen LogP contribution in [0.2, 0.25) is 0 Å². The van der Waals surface area contributed by atoms with Crippen molar-refractivity contribution in [2.75, 3.05) is 26.4 Å². The molecule has 3 aliphatic rings. The van der Waals surface area contributed by atoms with Gasteiger partial charge in [0.2, 0.25) is 0 Å². The van der Waals surface area contributed by atoms with Gasteiger partial charge in [0.15, 0.2) is 5.43 Å². The van der Waals surface area contributed by atoms with Crippen LogP contribution >= 0.6 is 0 Å². The summed E-state index contributed by atoms with van der Waals surface area (Å²) in [6.07, 6.45) is 1.91. The summed E-state index contributed by atoms with van der Waals surface area (Å²) in [4.78, 5) is 79.3. The lowest BCUT2D eigenvalue weighted by Gasteiger charge is -2.19. The minimum absolute atomic E-state index is 0.0891. The van der Waals surface area contributed by atoms with E-state index in [4.69, 9.17) is 19.6 Å². The van der Waals surface area contributed by atoms with E-state index in [1.54, 1.807) is 72.8 Å². The quantitative estimate of drug-likeness (QED) is 0.0496. The third-order valence-electron chi connectivity index (χ3n) is 11.9. The maximum Gasteiger partial charge on any atom is 0.330 e. The molecule has 1 saturated heterocycles. The van der Waals surface area contributed by atoms with E-state index in [2.05, 4.69) is 20.9 Å². The van der Waals surface area contributed by atoms with E-state index in [0.717, 1.165) is 16.7 Å². The highest BCUT2D eigenvalue weighted by molar-refractivity contribution is 6.06. The van der Waals surface area contributed by atoms with Gasteiger partial charge >= 0.3 is 5.69 Å². The van der Waals surface area contributed by atoms with Gasteiger partial charge in [-0.3, -0.25) is 33.5 Å². The van der Waals surface area contributed by atoms with E-state index in [1.807, 2.05) is 13.0 Å². The molecule has 17 heteroatoms. The van der Waals surface area contributed by atoms with Gasteiger partial charge in [0.1, 0.15) is 23.3 Å². The zero-order valence-electron chi connectivity index (χ0n) is 37.1. The second kappa shape index (κ2) is 20.9. The van der Waals surface area contributed by atoms with Crippen molar-refractivity contribution in [2.45, 2.75) is 58.2 Å². The van der Waals surface area contributed by atoms with Crippen molar-refractivity contribution in [1.29, 1.82) is 0 Å². The number of hydrogen-bond donors (Lipinski definition) is 7. The molecule has 3 amide bonds. The standard InChI is InChI=1S/C51H50N6O11/c1-29-2-7-34(22-40(29)45-38-14-12-36(59)23-43(38)68-46-39(45)15-16-42(60)41(46)26-55-48(62)33-8-3-30(24-52)4-9-33)49(63)54-25-31-5-10-32(11-6-31)47(61)53-19-21-66-20-18-35-27-57(51(65)56-50(35)64)44-17-13-37(28-58)67-44/h2-12,14-16,22-23,27,37,44,58,60H,13,17-21,24-26,28,52H2,1H3,(H,53,61)(H,54,63)(H,55,62)(H,56,64,65)/t37-,44+/m0/s1. The number of phenolic OH excluding ortho intramolecular Hbond substituents is 1. The molecule has 4 aromatic carbocycles. The molecule has 350 valence electrons. The second-order valence-corrected chi connectivity index (χ2v) is 16.5. The number of hydrogen-bond acceptors (Lipinski definition) is 12. The number of H-pyrrole nitrogens is 1. The van der Waals surface area contributed by atoms with E-state index in [9.17, 15) is 39.0 Å². The monoisotopic (exact) mass is 922 g/mol. The Hall–Kier alpha value is -7.70. The van der Waals surface area contributed by atoms with Crippen molar-refractivity contribution in [3.8, 4) is 28.2 Å². The van der Waals surface area contributed by atoms with Crippen LogP contribution in [0.3, 0.4) is 0 Å². The van der Waals surface area contributed by atoms with Gasteiger partial charge in [-0.05, 0) is 103 Å². The highest BCUT2D eigenvalue weighted by Crippen LogP contribution is 2.43. The first-order valence-electron chi connectivity index (χ1n) is 22.1. The third kappa shape index (κ3) is 10.5. The SMILES string of the molecule is Cc1ccc(C(=O)NCc2ccc(C(=O)NCCOCCc3cn([C@H]4CC[C@@H](CO)O4)c(=O)[nH]c3=O)cc2)cc1-c1c2ccc(=O)cc-2oc2c(CNC(=O)c3ccc(CN)cc3)c(O)ccc12. The van der Waals surface area contributed by atoms with E-state index in [-0.39, 0.29) is 92.2 Å². The molecule has 0 saturated carbocycles. The molecule has 0 bridgehead atoms. The predicted octanol–water partition coefficient (Wildman–Crippen LogP) is 4.41. The molecule has 8 N–H and O–H groups in total. The highest BCUT2D eigenvalue weighted by atomic mass is 16.5. The Morgan fingerprint density at radius 2 is 1.49 bits per heavy atom. The molecule has 2 aliphatic heterocycles. The number of nitrogens with zero attached hydrogens (tertiary/aromatic N) is 1. The molecule has 1 aliphatic carbocycles. The van der Waals surface area contributed by atoms with Gasteiger partial charge in [0.05, 0.1) is 38.0 Å². The number of carbonyl (C=O) groups is 3. The van der Waals surface area contributed by atoms with Gasteiger partial charge in [-0.25, -0.2) is 4.79 Å². The number of amides is 3. The molecule has 17 nitrogen and oxygen atoms in total. The van der Waals surface area contributed by atoms with Gasteiger partial charge < -0.3 is 45.8 Å². The first kappa shape index (κ1) is 46.8. The number of benzene rings is 5. The summed E-state index contributed by atoms with van der Waals surface area (Å²) < 4.78 is 19.0. The Balaban J connectivity index is 0.889. The summed E-state index contributed by atoms with van der Waals surface area (Å²) in [6.45, 7) is 2.74. The summed E-state index contributed by atoms with van der Waals surface area (Å²) in [5.74, 6) is -0.898. The summed E-state index contributed by atoms with van der Waals surface area (Å²) in [7, 11) is 0. The number of rotatable bonds is 17. The summed E-state index contributed by atoms with van der Waals surface area (Å²) in [5.41, 5.74) is 10.9. The van der Waals surface area contributed by atoms with E-state index in [0.29, 0.717) is 69.3 Å². The minimum atomic E-state index is -0.583. The summed E-state index contributed by atoms with van der Waals surface area (Å²) in [5, 5.41) is 29.6. The Bertz CT molecular complexity index is 3140. The molecule has 5 aromatic rings. The number of carbonyl (C=O) groups excluding carboxylic acids is 3. The second-order valence-electron chi connectivity index (χ2n) is 16.5. The van der Waals surface area contributed by atoms with E-state index < -0.39 is 17.5 Å². The molecule has 0 radical (unpaired) electrons. The lowest BCUT2D eigenvalue weighted by atomic mass is 9.89. The largest absolute Gasteiger partial charge is 0.507 e. The Kier molecular flexibility index (Phi) is 14.4. The van der Waals surface area contributed by atoms with Crippen LogP contribution in [-0.2, 0) is 35.5 Å². The van der Waals surface area contributed by atoms with Gasteiger partial charge in [-0.1, -0.05) is 30.3 Å². The lowest BCUT2D eigenvalue weighted by molar-refractivity contribution is -0.0247. The molecule has 0 spiro atoms. The zero-order chi connectivity index (χ0) is 47.9. The number of ether oxygens (including phenoxy) is 2. The van der Waals surface area contributed by atoms with Crippen molar-refractivity contribution in [3.63, 3.8) is 0 Å². The van der Waals surface area contributed by atoms with Crippen molar-refractivity contribution in [3.05, 3.63) is 179 Å². The van der Waals surface area contributed by atoms with Crippen LogP contribution in [0.1, 0.15) is 78.0 Å². The highest BCUT2D eigenvalue weighted by Gasteiger charge is 2.27. The van der Waals surface area contributed by atoms with Crippen LogP contribution in [0.15, 0.2) is 122 Å². The van der Waals surface area contributed by atoms with E-state index in [1.165, 1.54) is 29.0 Å². The van der Waals surface area contributed by atoms with Crippen LogP contribution in [0.5, 0.6) is 5.75 Å². The van der Waals surface area contributed by atoms with Gasteiger partial charge in [-0.2, -0.15) is 0 Å². The summed E-state index contributed by atoms with van der Waals surface area (Å²) in [6, 6.07) is 26.7. The number of aliphatic hydroxyl groups excluding tert-OH is 1. The average molecular weight is 923 g/mol. The van der Waals surface area contributed by atoms with E-state index >= 15 is 0 Å². The number of nitrogens with two attached hydrogens (primary N) is 1. The number of aromatic hydroxyl groups is 1. The number of phenols is 1. The smallest absolute Gasteiger partial charge is 0.330 e. The molecule has 2 atom stereocenters. The zero-order valence-corrected chi connectivity index (χ0v) is 37.1. The lowest BCUT2D eigenvalue weighted by Crippen LogP contribution is -2.34. The Morgan fingerprint density at radius 3 is 2.21 bits per heavy atom. The number of aryl methyl sites for hydroxylation is 1. The molecule has 0 unspecified atom stereocenters. The van der Waals surface area contributed by atoms with Crippen LogP contribution < -0.4 is 38.4 Å². The third-order valence-corrected chi connectivity index (χ3v) is 11.9. The molecule has 1 fully saturated rings. The number of aliphatic hydroxyl groups is 1. The Labute approximate surface area is 388 Å². The number of aromatic nitrogens is 2. The van der Waals surface area contributed by atoms with Crippen molar-refractivity contribution < 1.29 is 38.5 Å². The predicted molar refractivity (Wildman–Crippen MR) is 252 cm³/mol. The first-order chi connectivity index (χ1) is 32.9. The van der Waals surface area contributed by atoms with Crippen LogP contribution in [0.4, 0.5) is 0 Å². The molecular formula is C51H50N6O11. The first-order valence-corrected chi connectivity index (χ1v) is 22.1. The Morgan fingerprint density at radius 1 is 0.794 bits per heavy atom. The molecule has 1 aromatic heterocycles. The van der Waals surface area contributed by atoms with Crippen LogP contribution in [0, 0.1) is 6.92 Å². The fourth-order valence-corrected chi connectivity index (χ4v) is 8.16.